The maximum atomic E-state index is 11.8. The van der Waals surface area contributed by atoms with E-state index in [0.717, 1.165) is 5.56 Å². The molecule has 0 N–H and O–H groups in total. The molecule has 2 nitrogen and oxygen atoms in total. The lowest BCUT2D eigenvalue weighted by molar-refractivity contribution is -0.135. The maximum Gasteiger partial charge on any atom is 0.389 e. The minimum Gasteiger partial charge on any atom is -0.462 e. The van der Waals surface area contributed by atoms with E-state index in [-0.39, 0.29) is 19.4 Å². The van der Waals surface area contributed by atoms with Crippen molar-refractivity contribution >= 4 is 5.97 Å². The highest BCUT2D eigenvalue weighted by atomic mass is 19.4. The van der Waals surface area contributed by atoms with Gasteiger partial charge in [0.15, 0.2) is 0 Å². The van der Waals surface area contributed by atoms with Crippen molar-refractivity contribution < 1.29 is 22.7 Å². The number of carbonyl (C=O) groups excluding carboxylic acids is 1. The van der Waals surface area contributed by atoms with Crippen LogP contribution in [0.4, 0.5) is 13.2 Å². The number of esters is 1. The van der Waals surface area contributed by atoms with Crippen LogP contribution in [-0.4, -0.2) is 18.8 Å². The van der Waals surface area contributed by atoms with Gasteiger partial charge in [-0.25, -0.2) is 4.79 Å². The molecule has 0 aliphatic heterocycles. The van der Waals surface area contributed by atoms with Gasteiger partial charge in [0.05, 0.1) is 12.2 Å². The molecular formula is C13H15F3O2. The van der Waals surface area contributed by atoms with Gasteiger partial charge in [0.1, 0.15) is 0 Å². The van der Waals surface area contributed by atoms with Crippen LogP contribution in [0, 0.1) is 6.92 Å². The second kappa shape index (κ2) is 6.42. The molecule has 0 atom stereocenters. The Bertz CT molecular complexity index is 382. The summed E-state index contributed by atoms with van der Waals surface area (Å²) in [6, 6.07) is 6.82. The van der Waals surface area contributed by atoms with Gasteiger partial charge in [0.2, 0.25) is 0 Å². The maximum absolute atomic E-state index is 11.8. The molecule has 0 radical (unpaired) electrons. The number of alkyl halides is 3. The molecule has 1 aromatic carbocycles. The first-order chi connectivity index (χ1) is 8.38. The van der Waals surface area contributed by atoms with Crippen molar-refractivity contribution in [2.75, 3.05) is 6.61 Å². The van der Waals surface area contributed by atoms with E-state index in [0.29, 0.717) is 5.56 Å². The molecule has 0 unspecified atom stereocenters. The molecular weight excluding hydrogens is 245 g/mol. The lowest BCUT2D eigenvalue weighted by atomic mass is 10.1. The zero-order chi connectivity index (χ0) is 13.6. The van der Waals surface area contributed by atoms with Crippen molar-refractivity contribution in [3.05, 3.63) is 35.4 Å². The Hall–Kier alpha value is -1.52. The van der Waals surface area contributed by atoms with E-state index in [1.54, 1.807) is 24.3 Å². The highest BCUT2D eigenvalue weighted by molar-refractivity contribution is 5.89. The number of unbranched alkanes of at least 4 members (excludes halogenated alkanes) is 1. The summed E-state index contributed by atoms with van der Waals surface area (Å²) in [6.07, 6.45) is -4.78. The van der Waals surface area contributed by atoms with Gasteiger partial charge in [-0.3, -0.25) is 0 Å². The molecule has 0 saturated carbocycles. The minimum absolute atomic E-state index is 0.0167. The number of carbonyl (C=O) groups is 1. The summed E-state index contributed by atoms with van der Waals surface area (Å²) in [5.74, 6) is -0.498. The van der Waals surface area contributed by atoms with Crippen LogP contribution >= 0.6 is 0 Å². The van der Waals surface area contributed by atoms with Crippen LogP contribution in [0.5, 0.6) is 0 Å². The van der Waals surface area contributed by atoms with Gasteiger partial charge in [-0.1, -0.05) is 17.7 Å². The third kappa shape index (κ3) is 5.70. The van der Waals surface area contributed by atoms with Crippen molar-refractivity contribution in [1.82, 2.24) is 0 Å². The zero-order valence-corrected chi connectivity index (χ0v) is 10.1. The van der Waals surface area contributed by atoms with Crippen LogP contribution in [-0.2, 0) is 4.74 Å². The van der Waals surface area contributed by atoms with Gasteiger partial charge in [-0.05, 0) is 31.9 Å². The summed E-state index contributed by atoms with van der Waals surface area (Å²) in [4.78, 5) is 11.5. The Morgan fingerprint density at radius 3 is 2.33 bits per heavy atom. The monoisotopic (exact) mass is 260 g/mol. The van der Waals surface area contributed by atoms with Crippen LogP contribution in [0.15, 0.2) is 24.3 Å². The van der Waals surface area contributed by atoms with E-state index in [9.17, 15) is 18.0 Å². The molecule has 0 heterocycles. The Kier molecular flexibility index (Phi) is 5.19. The van der Waals surface area contributed by atoms with Crippen LogP contribution in [0.3, 0.4) is 0 Å². The normalized spacial score (nSPS) is 11.3. The van der Waals surface area contributed by atoms with Crippen molar-refractivity contribution in [2.24, 2.45) is 0 Å². The van der Waals surface area contributed by atoms with E-state index >= 15 is 0 Å². The topological polar surface area (TPSA) is 26.3 Å². The molecule has 0 spiro atoms. The van der Waals surface area contributed by atoms with Gasteiger partial charge >= 0.3 is 12.1 Å². The molecule has 0 bridgehead atoms. The number of hydrogen-bond acceptors (Lipinski definition) is 2. The molecule has 18 heavy (non-hydrogen) atoms. The molecule has 5 heteroatoms. The number of ether oxygens (including phenoxy) is 1. The largest absolute Gasteiger partial charge is 0.462 e. The third-order valence-electron chi connectivity index (χ3n) is 2.38. The average Bonchev–Trinajstić information content (AvgIpc) is 2.27. The smallest absolute Gasteiger partial charge is 0.389 e. The molecule has 100 valence electrons. The standard InChI is InChI=1S/C13H15F3O2/c1-10-4-6-11(7-5-10)12(17)18-9-3-2-8-13(14,15)16/h4-7H,2-3,8-9H2,1H3. The SMILES string of the molecule is Cc1ccc(C(=O)OCCCCC(F)(F)F)cc1. The average molecular weight is 260 g/mol. The minimum atomic E-state index is -4.14. The van der Waals surface area contributed by atoms with Crippen LogP contribution in [0.25, 0.3) is 0 Å². The molecule has 1 rings (SSSR count). The summed E-state index contributed by atoms with van der Waals surface area (Å²) in [5, 5.41) is 0. The lowest BCUT2D eigenvalue weighted by Gasteiger charge is -2.07. The molecule has 0 amide bonds. The first-order valence-corrected chi connectivity index (χ1v) is 5.69. The Labute approximate surface area is 104 Å². The van der Waals surface area contributed by atoms with Crippen molar-refractivity contribution in [1.29, 1.82) is 0 Å². The van der Waals surface area contributed by atoms with Gasteiger partial charge in [-0.15, -0.1) is 0 Å². The fourth-order valence-corrected chi connectivity index (χ4v) is 1.37. The van der Waals surface area contributed by atoms with Crippen LogP contribution in [0.2, 0.25) is 0 Å². The number of halogens is 3. The van der Waals surface area contributed by atoms with Crippen LogP contribution in [0.1, 0.15) is 35.2 Å². The highest BCUT2D eigenvalue weighted by Gasteiger charge is 2.25. The first kappa shape index (κ1) is 14.5. The fourth-order valence-electron chi connectivity index (χ4n) is 1.37. The summed E-state index contributed by atoms with van der Waals surface area (Å²) in [6.45, 7) is 1.91. The third-order valence-corrected chi connectivity index (χ3v) is 2.38. The Morgan fingerprint density at radius 2 is 1.78 bits per heavy atom. The number of rotatable bonds is 5. The molecule has 0 aromatic heterocycles. The van der Waals surface area contributed by atoms with Gasteiger partial charge in [0, 0.05) is 6.42 Å². The summed E-state index contributed by atoms with van der Waals surface area (Å²) in [5.41, 5.74) is 1.44. The summed E-state index contributed by atoms with van der Waals surface area (Å²) in [7, 11) is 0. The summed E-state index contributed by atoms with van der Waals surface area (Å²) < 4.78 is 40.4. The van der Waals surface area contributed by atoms with Gasteiger partial charge < -0.3 is 4.74 Å². The molecule has 1 aromatic rings. The van der Waals surface area contributed by atoms with Crippen molar-refractivity contribution in [2.45, 2.75) is 32.4 Å². The quantitative estimate of drug-likeness (QED) is 0.593. The Morgan fingerprint density at radius 1 is 1.17 bits per heavy atom. The molecule has 0 aliphatic rings. The van der Waals surface area contributed by atoms with E-state index in [1.807, 2.05) is 6.92 Å². The molecule has 0 aliphatic carbocycles. The second-order valence-electron chi connectivity index (χ2n) is 4.07. The van der Waals surface area contributed by atoms with Crippen molar-refractivity contribution in [3.8, 4) is 0 Å². The predicted octanol–water partition coefficient (Wildman–Crippen LogP) is 3.88. The lowest BCUT2D eigenvalue weighted by Crippen LogP contribution is -2.09. The first-order valence-electron chi connectivity index (χ1n) is 5.69. The number of aryl methyl sites for hydroxylation is 1. The van der Waals surface area contributed by atoms with Crippen LogP contribution < -0.4 is 0 Å². The van der Waals surface area contributed by atoms with Crippen molar-refractivity contribution in [3.63, 3.8) is 0 Å². The Balaban J connectivity index is 2.24. The fraction of sp³-hybridized carbons (Fsp3) is 0.462. The highest BCUT2D eigenvalue weighted by Crippen LogP contribution is 2.22. The number of benzene rings is 1. The zero-order valence-electron chi connectivity index (χ0n) is 10.1. The van der Waals surface area contributed by atoms with E-state index in [2.05, 4.69) is 0 Å². The number of hydrogen-bond donors (Lipinski definition) is 0. The van der Waals surface area contributed by atoms with Gasteiger partial charge in [0.25, 0.3) is 0 Å². The second-order valence-corrected chi connectivity index (χ2v) is 4.07. The predicted molar refractivity (Wildman–Crippen MR) is 61.4 cm³/mol. The van der Waals surface area contributed by atoms with E-state index in [4.69, 9.17) is 4.74 Å². The summed E-state index contributed by atoms with van der Waals surface area (Å²) >= 11 is 0. The molecule has 0 fully saturated rings. The van der Waals surface area contributed by atoms with E-state index < -0.39 is 18.6 Å². The van der Waals surface area contributed by atoms with E-state index in [1.165, 1.54) is 0 Å². The van der Waals surface area contributed by atoms with Gasteiger partial charge in [-0.2, -0.15) is 13.2 Å². The molecule has 0 saturated heterocycles.